The smallest absolute Gasteiger partial charge is 0.315 e. The van der Waals surface area contributed by atoms with Crippen LogP contribution in [0.2, 0.25) is 0 Å². The molecule has 0 amide bonds. The summed E-state index contributed by atoms with van der Waals surface area (Å²) in [7, 11) is 1.42. The van der Waals surface area contributed by atoms with Crippen LogP contribution in [0.15, 0.2) is 36.4 Å². The van der Waals surface area contributed by atoms with Gasteiger partial charge in [0, 0.05) is 0 Å². The molecule has 0 fully saturated rings. The molecule has 0 aliphatic heterocycles. The van der Waals surface area contributed by atoms with E-state index in [-0.39, 0.29) is 17.9 Å². The first-order valence-corrected chi connectivity index (χ1v) is 8.20. The van der Waals surface area contributed by atoms with Crippen molar-refractivity contribution < 1.29 is 19.2 Å². The second kappa shape index (κ2) is 7.34. The van der Waals surface area contributed by atoms with E-state index in [0.29, 0.717) is 5.75 Å². The van der Waals surface area contributed by atoms with Crippen LogP contribution in [0, 0.1) is 10.1 Å². The Hall–Kier alpha value is -2.89. The van der Waals surface area contributed by atoms with Crippen LogP contribution in [-0.2, 0) is 24.1 Å². The number of benzene rings is 2. The monoisotopic (exact) mass is 341 g/mol. The normalized spacial score (nSPS) is 13.0. The van der Waals surface area contributed by atoms with Crippen molar-refractivity contribution in [3.8, 4) is 11.5 Å². The number of rotatable bonds is 5. The highest BCUT2D eigenvalue weighted by atomic mass is 16.6. The van der Waals surface area contributed by atoms with Crippen molar-refractivity contribution in [2.45, 2.75) is 32.1 Å². The van der Waals surface area contributed by atoms with Crippen LogP contribution in [0.5, 0.6) is 11.5 Å². The molecule has 0 aromatic heterocycles. The van der Waals surface area contributed by atoms with Gasteiger partial charge in [0.05, 0.1) is 24.5 Å². The number of nitro groups is 1. The molecule has 6 nitrogen and oxygen atoms in total. The summed E-state index contributed by atoms with van der Waals surface area (Å²) in [6.45, 7) is 0. The average Bonchev–Trinajstić information content (AvgIpc) is 2.61. The van der Waals surface area contributed by atoms with Crippen LogP contribution in [0.3, 0.4) is 0 Å². The molecule has 2 aromatic carbocycles. The Morgan fingerprint density at radius 3 is 2.60 bits per heavy atom. The maximum absolute atomic E-state index is 12.2. The molecular weight excluding hydrogens is 322 g/mol. The third kappa shape index (κ3) is 3.96. The molecule has 130 valence electrons. The lowest BCUT2D eigenvalue weighted by Crippen LogP contribution is -2.13. The zero-order valence-corrected chi connectivity index (χ0v) is 14.0. The summed E-state index contributed by atoms with van der Waals surface area (Å²) < 4.78 is 10.2. The lowest BCUT2D eigenvalue weighted by molar-refractivity contribution is -0.385. The van der Waals surface area contributed by atoms with E-state index in [2.05, 4.69) is 6.07 Å². The second-order valence-corrected chi connectivity index (χ2v) is 6.05. The van der Waals surface area contributed by atoms with Crippen LogP contribution in [0.4, 0.5) is 5.69 Å². The van der Waals surface area contributed by atoms with E-state index in [1.54, 1.807) is 0 Å². The Kier molecular flexibility index (Phi) is 4.97. The Bertz CT molecular complexity index is 815. The van der Waals surface area contributed by atoms with Crippen molar-refractivity contribution in [3.63, 3.8) is 0 Å². The van der Waals surface area contributed by atoms with Crippen molar-refractivity contribution in [1.29, 1.82) is 0 Å². The number of nitro benzene ring substituents is 1. The zero-order chi connectivity index (χ0) is 17.8. The van der Waals surface area contributed by atoms with Crippen molar-refractivity contribution in [2.75, 3.05) is 7.11 Å². The molecule has 0 heterocycles. The van der Waals surface area contributed by atoms with Gasteiger partial charge >= 0.3 is 11.7 Å². The van der Waals surface area contributed by atoms with Crippen LogP contribution >= 0.6 is 0 Å². The number of esters is 1. The van der Waals surface area contributed by atoms with Gasteiger partial charge in [0.25, 0.3) is 0 Å². The number of fused-ring (bicyclic) bond motifs is 1. The molecule has 25 heavy (non-hydrogen) atoms. The van der Waals surface area contributed by atoms with Gasteiger partial charge in [-0.15, -0.1) is 0 Å². The number of aryl methyl sites for hydroxylation is 2. The first kappa shape index (κ1) is 17.0. The number of nitrogens with zero attached hydrogens (tertiary/aromatic N) is 1. The minimum Gasteiger partial charge on any atom is -0.496 e. The van der Waals surface area contributed by atoms with Gasteiger partial charge in [-0.1, -0.05) is 18.2 Å². The number of hydrogen-bond donors (Lipinski definition) is 0. The van der Waals surface area contributed by atoms with Crippen LogP contribution < -0.4 is 9.47 Å². The predicted molar refractivity (Wildman–Crippen MR) is 92.1 cm³/mol. The van der Waals surface area contributed by atoms with E-state index in [1.807, 2.05) is 12.1 Å². The predicted octanol–water partition coefficient (Wildman–Crippen LogP) is 3.63. The summed E-state index contributed by atoms with van der Waals surface area (Å²) in [5, 5.41) is 11.1. The van der Waals surface area contributed by atoms with Crippen molar-refractivity contribution in [1.82, 2.24) is 0 Å². The minimum absolute atomic E-state index is 0.0752. The van der Waals surface area contributed by atoms with Gasteiger partial charge < -0.3 is 9.47 Å². The number of hydrogen-bond acceptors (Lipinski definition) is 5. The quantitative estimate of drug-likeness (QED) is 0.359. The molecule has 0 N–H and O–H groups in total. The minimum atomic E-state index is -0.593. The van der Waals surface area contributed by atoms with Crippen molar-refractivity contribution in [3.05, 3.63) is 63.2 Å². The van der Waals surface area contributed by atoms with Gasteiger partial charge in [-0.3, -0.25) is 14.9 Å². The van der Waals surface area contributed by atoms with Crippen LogP contribution in [0.1, 0.15) is 29.5 Å². The number of ether oxygens (including phenoxy) is 2. The number of carbonyl (C=O) groups is 1. The summed E-state index contributed by atoms with van der Waals surface area (Å²) in [5.74, 6) is -0.265. The van der Waals surface area contributed by atoms with Gasteiger partial charge in [-0.25, -0.2) is 0 Å². The van der Waals surface area contributed by atoms with Crippen molar-refractivity contribution >= 4 is 11.7 Å². The first-order valence-electron chi connectivity index (χ1n) is 8.20. The van der Waals surface area contributed by atoms with Crippen LogP contribution in [0.25, 0.3) is 0 Å². The molecule has 1 aliphatic carbocycles. The summed E-state index contributed by atoms with van der Waals surface area (Å²) in [4.78, 5) is 22.8. The van der Waals surface area contributed by atoms with E-state index in [4.69, 9.17) is 9.47 Å². The molecule has 0 spiro atoms. The fourth-order valence-corrected chi connectivity index (χ4v) is 3.08. The highest BCUT2D eigenvalue weighted by Gasteiger charge is 2.20. The van der Waals surface area contributed by atoms with Gasteiger partial charge in [0.2, 0.25) is 5.75 Å². The third-order valence-electron chi connectivity index (χ3n) is 4.35. The fourth-order valence-electron chi connectivity index (χ4n) is 3.08. The average molecular weight is 341 g/mol. The molecule has 0 saturated heterocycles. The molecule has 2 aromatic rings. The van der Waals surface area contributed by atoms with E-state index >= 15 is 0 Å². The maximum Gasteiger partial charge on any atom is 0.315 e. The summed E-state index contributed by atoms with van der Waals surface area (Å²) in [6.07, 6.45) is 4.56. The number of methoxy groups -OCH3 is 1. The maximum atomic E-state index is 12.2. The Balaban J connectivity index is 1.73. The topological polar surface area (TPSA) is 78.7 Å². The molecule has 1 aliphatic rings. The zero-order valence-electron chi connectivity index (χ0n) is 14.0. The molecule has 0 unspecified atom stereocenters. The second-order valence-electron chi connectivity index (χ2n) is 6.05. The van der Waals surface area contributed by atoms with E-state index in [1.165, 1.54) is 49.3 Å². The molecule has 3 rings (SSSR count). The standard InChI is InChI=1S/C19H19NO5/c1-24-16-8-9-18(17(12-16)20(22)23)25-19(21)11-13-6-7-14-4-2-3-5-15(14)10-13/h6-10,12H,2-5,11H2,1H3. The van der Waals surface area contributed by atoms with E-state index in [9.17, 15) is 14.9 Å². The van der Waals surface area contributed by atoms with Gasteiger partial charge in [-0.2, -0.15) is 0 Å². The number of carbonyl (C=O) groups excluding carboxylic acids is 1. The summed E-state index contributed by atoms with van der Waals surface area (Å²) in [6, 6.07) is 10.2. The Labute approximate surface area is 145 Å². The highest BCUT2D eigenvalue weighted by Crippen LogP contribution is 2.31. The van der Waals surface area contributed by atoms with Gasteiger partial charge in [0.15, 0.2) is 0 Å². The molecule has 0 bridgehead atoms. The van der Waals surface area contributed by atoms with E-state index < -0.39 is 10.9 Å². The van der Waals surface area contributed by atoms with Crippen LogP contribution in [-0.4, -0.2) is 18.0 Å². The molecule has 6 heteroatoms. The highest BCUT2D eigenvalue weighted by molar-refractivity contribution is 5.76. The summed E-state index contributed by atoms with van der Waals surface area (Å²) in [5.41, 5.74) is 3.20. The molecule has 0 saturated carbocycles. The Morgan fingerprint density at radius 1 is 1.12 bits per heavy atom. The SMILES string of the molecule is COc1ccc(OC(=O)Cc2ccc3c(c2)CCCC3)c([N+](=O)[O-])c1. The molecule has 0 radical (unpaired) electrons. The summed E-state index contributed by atoms with van der Waals surface area (Å²) >= 11 is 0. The fraction of sp³-hybridized carbons (Fsp3) is 0.316. The third-order valence-corrected chi connectivity index (χ3v) is 4.35. The van der Waals surface area contributed by atoms with Gasteiger partial charge in [0.1, 0.15) is 5.75 Å². The van der Waals surface area contributed by atoms with Crippen molar-refractivity contribution in [2.24, 2.45) is 0 Å². The molecule has 0 atom stereocenters. The molecular formula is C19H19NO5. The lowest BCUT2D eigenvalue weighted by atomic mass is 9.90. The largest absolute Gasteiger partial charge is 0.496 e. The lowest BCUT2D eigenvalue weighted by Gasteiger charge is -2.16. The Morgan fingerprint density at radius 2 is 1.88 bits per heavy atom. The first-order chi connectivity index (χ1) is 12.1. The van der Waals surface area contributed by atoms with E-state index in [0.717, 1.165) is 18.4 Å². The van der Waals surface area contributed by atoms with Gasteiger partial charge in [-0.05, 0) is 54.5 Å².